The molecule has 2 rings (SSSR count). The van der Waals surface area contributed by atoms with Gasteiger partial charge in [0.2, 0.25) is 0 Å². The van der Waals surface area contributed by atoms with E-state index in [0.717, 1.165) is 0 Å². The first-order valence-corrected chi connectivity index (χ1v) is 4.98. The number of aromatic nitrogens is 2. The molecule has 0 spiro atoms. The summed E-state index contributed by atoms with van der Waals surface area (Å²) in [4.78, 5) is 11.6. The Morgan fingerprint density at radius 2 is 2.25 bits per heavy atom. The highest BCUT2D eigenvalue weighted by Gasteiger charge is 2.16. The van der Waals surface area contributed by atoms with Crippen molar-refractivity contribution in [2.45, 2.75) is 0 Å². The van der Waals surface area contributed by atoms with Gasteiger partial charge in [-0.15, -0.1) is 0 Å². The van der Waals surface area contributed by atoms with E-state index in [-0.39, 0.29) is 0 Å². The molecule has 5 heteroatoms. The molecule has 0 fully saturated rings. The molecule has 0 aliphatic rings. The Balaban J connectivity index is 2.62. The average molecular weight is 237 g/mol. The molecule has 0 aliphatic carbocycles. The Labute approximate surface area is 97.4 Å². The van der Waals surface area contributed by atoms with Crippen LogP contribution in [0.15, 0.2) is 36.7 Å². The van der Waals surface area contributed by atoms with Gasteiger partial charge in [-0.2, -0.15) is 5.10 Å². The van der Waals surface area contributed by atoms with Gasteiger partial charge in [-0.3, -0.25) is 0 Å². The minimum atomic E-state index is -0.437. The number of carbonyl (C=O) groups is 1. The van der Waals surface area contributed by atoms with E-state index in [9.17, 15) is 4.79 Å². The van der Waals surface area contributed by atoms with Crippen LogP contribution in [0.25, 0.3) is 5.69 Å². The number of hydrogen-bond acceptors (Lipinski definition) is 3. The van der Waals surface area contributed by atoms with Crippen molar-refractivity contribution in [3.8, 4) is 5.69 Å². The summed E-state index contributed by atoms with van der Waals surface area (Å²) in [6.45, 7) is 0. The summed E-state index contributed by atoms with van der Waals surface area (Å²) >= 11 is 6.05. The summed E-state index contributed by atoms with van der Waals surface area (Å²) in [6.07, 6.45) is 3.33. The second-order valence-electron chi connectivity index (χ2n) is 3.08. The van der Waals surface area contributed by atoms with E-state index in [2.05, 4.69) is 5.10 Å². The molecule has 0 radical (unpaired) electrons. The van der Waals surface area contributed by atoms with Crippen molar-refractivity contribution >= 4 is 17.6 Å². The molecule has 4 nitrogen and oxygen atoms in total. The average Bonchev–Trinajstić information content (AvgIpc) is 2.81. The minimum Gasteiger partial charge on any atom is -0.465 e. The van der Waals surface area contributed by atoms with E-state index in [0.29, 0.717) is 16.3 Å². The predicted molar refractivity (Wildman–Crippen MR) is 59.9 cm³/mol. The highest BCUT2D eigenvalue weighted by atomic mass is 35.5. The zero-order valence-electron chi connectivity index (χ0n) is 8.55. The van der Waals surface area contributed by atoms with Gasteiger partial charge in [0.15, 0.2) is 0 Å². The molecule has 82 valence electrons. The van der Waals surface area contributed by atoms with Gasteiger partial charge in [-0.1, -0.05) is 17.7 Å². The van der Waals surface area contributed by atoms with Crippen LogP contribution < -0.4 is 0 Å². The first-order chi connectivity index (χ1) is 7.74. The number of rotatable bonds is 2. The van der Waals surface area contributed by atoms with Gasteiger partial charge in [-0.25, -0.2) is 9.48 Å². The fraction of sp³-hybridized carbons (Fsp3) is 0.0909. The normalized spacial score (nSPS) is 10.1. The van der Waals surface area contributed by atoms with Crippen LogP contribution in [0, 0.1) is 0 Å². The third-order valence-corrected chi connectivity index (χ3v) is 2.43. The summed E-state index contributed by atoms with van der Waals surface area (Å²) < 4.78 is 6.23. The molecule has 0 N–H and O–H groups in total. The van der Waals surface area contributed by atoms with Gasteiger partial charge in [0.1, 0.15) is 0 Å². The number of ether oxygens (including phenoxy) is 1. The predicted octanol–water partition coefficient (Wildman–Crippen LogP) is 2.31. The van der Waals surface area contributed by atoms with Crippen LogP contribution in [0.5, 0.6) is 0 Å². The van der Waals surface area contributed by atoms with Gasteiger partial charge < -0.3 is 4.74 Å². The third-order valence-electron chi connectivity index (χ3n) is 2.13. The van der Waals surface area contributed by atoms with Crippen LogP contribution in [-0.4, -0.2) is 22.9 Å². The van der Waals surface area contributed by atoms with Gasteiger partial charge >= 0.3 is 5.97 Å². The number of esters is 1. The fourth-order valence-corrected chi connectivity index (χ4v) is 1.69. The van der Waals surface area contributed by atoms with Crippen molar-refractivity contribution < 1.29 is 9.53 Å². The zero-order valence-corrected chi connectivity index (χ0v) is 9.31. The molecule has 1 heterocycles. The van der Waals surface area contributed by atoms with Gasteiger partial charge in [0, 0.05) is 12.4 Å². The van der Waals surface area contributed by atoms with Crippen molar-refractivity contribution in [3.05, 3.63) is 47.2 Å². The monoisotopic (exact) mass is 236 g/mol. The molecule has 0 saturated carbocycles. The Kier molecular flexibility index (Phi) is 2.92. The number of methoxy groups -OCH3 is 1. The van der Waals surface area contributed by atoms with Gasteiger partial charge in [0.05, 0.1) is 23.4 Å². The quantitative estimate of drug-likeness (QED) is 0.752. The molecular formula is C11H9ClN2O2. The Hall–Kier alpha value is -1.81. The highest BCUT2D eigenvalue weighted by molar-refractivity contribution is 6.33. The standard InChI is InChI=1S/C11H9ClN2O2/c1-16-11(15)8-4-2-5-9(12)10(8)14-7-3-6-13-14/h2-7H,1H3. The van der Waals surface area contributed by atoms with E-state index in [4.69, 9.17) is 16.3 Å². The third kappa shape index (κ3) is 1.79. The molecule has 0 atom stereocenters. The number of benzene rings is 1. The summed E-state index contributed by atoms with van der Waals surface area (Å²) in [5.74, 6) is -0.437. The summed E-state index contributed by atoms with van der Waals surface area (Å²) in [6, 6.07) is 6.80. The first-order valence-electron chi connectivity index (χ1n) is 4.61. The van der Waals surface area contributed by atoms with Crippen LogP contribution in [0.2, 0.25) is 5.02 Å². The van der Waals surface area contributed by atoms with Gasteiger partial charge in [0.25, 0.3) is 0 Å². The smallest absolute Gasteiger partial charge is 0.340 e. The van der Waals surface area contributed by atoms with Crippen LogP contribution in [-0.2, 0) is 4.74 Å². The van der Waals surface area contributed by atoms with Crippen LogP contribution in [0.1, 0.15) is 10.4 Å². The first kappa shape index (κ1) is 10.7. The van der Waals surface area contributed by atoms with Crippen molar-refractivity contribution in [2.24, 2.45) is 0 Å². The second kappa shape index (κ2) is 4.37. The Morgan fingerprint density at radius 1 is 1.44 bits per heavy atom. The molecule has 1 aromatic heterocycles. The number of carbonyl (C=O) groups excluding carboxylic acids is 1. The largest absolute Gasteiger partial charge is 0.465 e. The van der Waals surface area contributed by atoms with Gasteiger partial charge in [-0.05, 0) is 18.2 Å². The summed E-state index contributed by atoms with van der Waals surface area (Å²) in [5.41, 5.74) is 0.916. The van der Waals surface area contributed by atoms with E-state index >= 15 is 0 Å². The lowest BCUT2D eigenvalue weighted by molar-refractivity contribution is 0.0600. The van der Waals surface area contributed by atoms with E-state index < -0.39 is 5.97 Å². The molecule has 0 aliphatic heterocycles. The van der Waals surface area contributed by atoms with Crippen molar-refractivity contribution in [1.82, 2.24) is 9.78 Å². The molecule has 0 amide bonds. The van der Waals surface area contributed by atoms with Crippen LogP contribution in [0.4, 0.5) is 0 Å². The maximum absolute atomic E-state index is 11.6. The Morgan fingerprint density at radius 3 is 2.88 bits per heavy atom. The maximum Gasteiger partial charge on any atom is 0.340 e. The van der Waals surface area contributed by atoms with Crippen molar-refractivity contribution in [2.75, 3.05) is 7.11 Å². The molecule has 1 aromatic carbocycles. The SMILES string of the molecule is COC(=O)c1cccc(Cl)c1-n1cccn1. The number of nitrogens with zero attached hydrogens (tertiary/aromatic N) is 2. The molecule has 0 bridgehead atoms. The fourth-order valence-electron chi connectivity index (χ4n) is 1.42. The minimum absolute atomic E-state index is 0.388. The van der Waals surface area contributed by atoms with Crippen LogP contribution in [0.3, 0.4) is 0 Å². The molecule has 0 unspecified atom stereocenters. The molecular weight excluding hydrogens is 228 g/mol. The summed E-state index contributed by atoms with van der Waals surface area (Å²) in [5, 5.41) is 4.50. The van der Waals surface area contributed by atoms with Crippen molar-refractivity contribution in [1.29, 1.82) is 0 Å². The van der Waals surface area contributed by atoms with E-state index in [1.54, 1.807) is 36.7 Å². The highest BCUT2D eigenvalue weighted by Crippen LogP contribution is 2.24. The topological polar surface area (TPSA) is 44.1 Å². The lowest BCUT2D eigenvalue weighted by Gasteiger charge is -2.09. The van der Waals surface area contributed by atoms with E-state index in [1.165, 1.54) is 11.8 Å². The molecule has 0 saturated heterocycles. The zero-order chi connectivity index (χ0) is 11.5. The number of para-hydroxylation sites is 1. The molecule has 2 aromatic rings. The molecule has 16 heavy (non-hydrogen) atoms. The lowest BCUT2D eigenvalue weighted by Crippen LogP contribution is -2.08. The lowest BCUT2D eigenvalue weighted by atomic mass is 10.2. The van der Waals surface area contributed by atoms with E-state index in [1.807, 2.05) is 0 Å². The summed E-state index contributed by atoms with van der Waals surface area (Å²) in [7, 11) is 1.33. The van der Waals surface area contributed by atoms with Crippen molar-refractivity contribution in [3.63, 3.8) is 0 Å². The maximum atomic E-state index is 11.6. The van der Waals surface area contributed by atoms with Crippen LogP contribution >= 0.6 is 11.6 Å². The Bertz CT molecular complexity index is 509. The number of hydrogen-bond donors (Lipinski definition) is 0. The second-order valence-corrected chi connectivity index (χ2v) is 3.49. The number of halogens is 1.